The molecular formula is C19H22N4OS2. The van der Waals surface area contributed by atoms with E-state index in [1.54, 1.807) is 11.3 Å². The van der Waals surface area contributed by atoms with Crippen molar-refractivity contribution >= 4 is 29.5 Å². The average Bonchev–Trinajstić information content (AvgIpc) is 3.28. The highest BCUT2D eigenvalue weighted by molar-refractivity contribution is 7.71. The monoisotopic (exact) mass is 386 g/mol. The topological polar surface area (TPSA) is 62.7 Å². The van der Waals surface area contributed by atoms with Crippen molar-refractivity contribution in [3.8, 4) is 11.4 Å². The Labute approximate surface area is 162 Å². The van der Waals surface area contributed by atoms with Crippen LogP contribution in [0.15, 0.2) is 41.8 Å². The van der Waals surface area contributed by atoms with Gasteiger partial charge in [0.15, 0.2) is 10.6 Å². The van der Waals surface area contributed by atoms with E-state index in [1.165, 1.54) is 4.88 Å². The number of benzene rings is 1. The number of hydrogen-bond acceptors (Lipinski definition) is 4. The van der Waals surface area contributed by atoms with E-state index < -0.39 is 0 Å². The summed E-state index contributed by atoms with van der Waals surface area (Å²) in [7, 11) is 0. The second-order valence-corrected chi connectivity index (χ2v) is 7.53. The second-order valence-electron chi connectivity index (χ2n) is 6.17. The summed E-state index contributed by atoms with van der Waals surface area (Å²) < 4.78 is 2.41. The molecule has 1 aromatic carbocycles. The zero-order valence-electron chi connectivity index (χ0n) is 14.9. The molecule has 0 spiro atoms. The Bertz CT molecular complexity index is 927. The van der Waals surface area contributed by atoms with Crippen molar-refractivity contribution < 1.29 is 4.79 Å². The molecule has 7 heteroatoms. The fourth-order valence-electron chi connectivity index (χ4n) is 2.87. The standard InChI is InChI=1S/C19H22N4OS2/c1-3-15(16-8-5-11-26-16)20-17(24)9-10-23-18(21-22-19(23)25)14-7-4-6-13(2)12-14/h4-8,11-12,15H,3,9-10H2,1-2H3,(H,20,24)(H,22,25). The van der Waals surface area contributed by atoms with E-state index in [0.29, 0.717) is 17.7 Å². The van der Waals surface area contributed by atoms with Gasteiger partial charge in [-0.1, -0.05) is 36.8 Å². The number of H-pyrrole nitrogens is 1. The number of nitrogens with one attached hydrogen (secondary N) is 2. The Balaban J connectivity index is 1.69. The van der Waals surface area contributed by atoms with Crippen LogP contribution >= 0.6 is 23.6 Å². The molecule has 3 rings (SSSR count). The average molecular weight is 387 g/mol. The molecule has 5 nitrogen and oxygen atoms in total. The van der Waals surface area contributed by atoms with Crippen molar-refractivity contribution in [1.29, 1.82) is 0 Å². The molecule has 0 aliphatic heterocycles. The fraction of sp³-hybridized carbons (Fsp3) is 0.316. The second kappa shape index (κ2) is 8.42. The number of nitrogens with zero attached hydrogens (tertiary/aromatic N) is 2. The Morgan fingerprint density at radius 1 is 1.38 bits per heavy atom. The molecule has 0 fully saturated rings. The van der Waals surface area contributed by atoms with Gasteiger partial charge in [-0.05, 0) is 43.1 Å². The van der Waals surface area contributed by atoms with Crippen LogP contribution in [0.4, 0.5) is 0 Å². The van der Waals surface area contributed by atoms with Gasteiger partial charge in [0.25, 0.3) is 0 Å². The molecule has 3 aromatic rings. The van der Waals surface area contributed by atoms with Gasteiger partial charge in [-0.3, -0.25) is 14.5 Å². The normalized spacial score (nSPS) is 12.1. The van der Waals surface area contributed by atoms with Crippen molar-refractivity contribution in [2.45, 2.75) is 39.3 Å². The molecule has 0 saturated heterocycles. The number of rotatable bonds is 7. The molecule has 136 valence electrons. The molecule has 0 bridgehead atoms. The Morgan fingerprint density at radius 2 is 2.23 bits per heavy atom. The van der Waals surface area contributed by atoms with Gasteiger partial charge in [0.05, 0.1) is 6.04 Å². The van der Waals surface area contributed by atoms with Gasteiger partial charge in [0, 0.05) is 23.4 Å². The van der Waals surface area contributed by atoms with Crippen LogP contribution in [0.5, 0.6) is 0 Å². The van der Waals surface area contributed by atoms with Gasteiger partial charge in [0.1, 0.15) is 0 Å². The summed E-state index contributed by atoms with van der Waals surface area (Å²) in [5.41, 5.74) is 2.14. The van der Waals surface area contributed by atoms with Crippen molar-refractivity contribution in [2.24, 2.45) is 0 Å². The maximum Gasteiger partial charge on any atom is 0.222 e. The van der Waals surface area contributed by atoms with Crippen molar-refractivity contribution in [1.82, 2.24) is 20.1 Å². The van der Waals surface area contributed by atoms with Crippen LogP contribution in [0.1, 0.15) is 36.2 Å². The molecule has 2 aromatic heterocycles. The first-order valence-corrected chi connectivity index (χ1v) is 9.92. The number of carbonyl (C=O) groups is 1. The maximum absolute atomic E-state index is 12.4. The van der Waals surface area contributed by atoms with E-state index in [-0.39, 0.29) is 11.9 Å². The molecule has 0 aliphatic carbocycles. The highest BCUT2D eigenvalue weighted by Gasteiger charge is 2.15. The summed E-state index contributed by atoms with van der Waals surface area (Å²) in [6.07, 6.45) is 1.22. The lowest BCUT2D eigenvalue weighted by Gasteiger charge is -2.16. The Morgan fingerprint density at radius 3 is 2.92 bits per heavy atom. The Hall–Kier alpha value is -2.25. The van der Waals surface area contributed by atoms with Gasteiger partial charge in [-0.15, -0.1) is 11.3 Å². The first-order valence-electron chi connectivity index (χ1n) is 8.63. The number of aryl methyl sites for hydroxylation is 1. The van der Waals surface area contributed by atoms with E-state index in [2.05, 4.69) is 34.6 Å². The van der Waals surface area contributed by atoms with Crippen molar-refractivity contribution in [3.05, 3.63) is 57.0 Å². The maximum atomic E-state index is 12.4. The van der Waals surface area contributed by atoms with Crippen LogP contribution < -0.4 is 5.32 Å². The van der Waals surface area contributed by atoms with Gasteiger partial charge in [-0.2, -0.15) is 5.10 Å². The molecule has 2 N–H and O–H groups in total. The zero-order chi connectivity index (χ0) is 18.5. The quantitative estimate of drug-likeness (QED) is 0.582. The smallest absolute Gasteiger partial charge is 0.222 e. The first-order chi connectivity index (χ1) is 12.6. The molecule has 0 saturated carbocycles. The summed E-state index contributed by atoms with van der Waals surface area (Å²) in [4.78, 5) is 13.6. The van der Waals surface area contributed by atoms with Crippen LogP contribution in [-0.4, -0.2) is 20.7 Å². The third kappa shape index (κ3) is 4.28. The van der Waals surface area contributed by atoms with E-state index in [4.69, 9.17) is 12.2 Å². The minimum absolute atomic E-state index is 0.0172. The third-order valence-electron chi connectivity index (χ3n) is 4.23. The van der Waals surface area contributed by atoms with Crippen molar-refractivity contribution in [3.63, 3.8) is 0 Å². The SMILES string of the molecule is CCC(NC(=O)CCn1c(-c2cccc(C)c2)n[nH]c1=S)c1cccs1. The van der Waals surface area contributed by atoms with E-state index in [9.17, 15) is 4.79 Å². The predicted octanol–water partition coefficient (Wildman–Crippen LogP) is 4.64. The van der Waals surface area contributed by atoms with Crippen molar-refractivity contribution in [2.75, 3.05) is 0 Å². The van der Waals surface area contributed by atoms with Gasteiger partial charge < -0.3 is 5.32 Å². The minimum atomic E-state index is 0.0172. The summed E-state index contributed by atoms with van der Waals surface area (Å²) in [5, 5.41) is 12.3. The van der Waals surface area contributed by atoms with Crippen LogP contribution in [0, 0.1) is 11.7 Å². The highest BCUT2D eigenvalue weighted by Crippen LogP contribution is 2.22. The summed E-state index contributed by atoms with van der Waals surface area (Å²) in [6.45, 7) is 4.61. The Kier molecular flexibility index (Phi) is 6.00. The number of thiophene rings is 1. The van der Waals surface area contributed by atoms with Crippen LogP contribution in [-0.2, 0) is 11.3 Å². The molecule has 0 radical (unpaired) electrons. The lowest BCUT2D eigenvalue weighted by Crippen LogP contribution is -2.28. The largest absolute Gasteiger partial charge is 0.348 e. The van der Waals surface area contributed by atoms with Gasteiger partial charge in [-0.25, -0.2) is 0 Å². The number of amides is 1. The summed E-state index contributed by atoms with van der Waals surface area (Å²) in [6, 6.07) is 12.2. The summed E-state index contributed by atoms with van der Waals surface area (Å²) >= 11 is 7.01. The van der Waals surface area contributed by atoms with E-state index in [0.717, 1.165) is 23.4 Å². The van der Waals surface area contributed by atoms with Crippen LogP contribution in [0.3, 0.4) is 0 Å². The molecule has 1 amide bonds. The minimum Gasteiger partial charge on any atom is -0.348 e. The molecule has 1 atom stereocenters. The fourth-order valence-corrected chi connectivity index (χ4v) is 3.96. The molecule has 0 aliphatic rings. The highest BCUT2D eigenvalue weighted by atomic mass is 32.1. The number of aromatic amines is 1. The number of aromatic nitrogens is 3. The van der Waals surface area contributed by atoms with Gasteiger partial charge >= 0.3 is 0 Å². The molecular weight excluding hydrogens is 364 g/mol. The third-order valence-corrected chi connectivity index (χ3v) is 5.52. The molecule has 1 unspecified atom stereocenters. The predicted molar refractivity (Wildman–Crippen MR) is 108 cm³/mol. The number of hydrogen-bond donors (Lipinski definition) is 2. The van der Waals surface area contributed by atoms with Gasteiger partial charge in [0.2, 0.25) is 5.91 Å². The van der Waals surface area contributed by atoms with Crippen LogP contribution in [0.25, 0.3) is 11.4 Å². The molecule has 26 heavy (non-hydrogen) atoms. The first kappa shape index (κ1) is 18.5. The zero-order valence-corrected chi connectivity index (χ0v) is 16.5. The summed E-state index contributed by atoms with van der Waals surface area (Å²) in [5.74, 6) is 0.778. The number of carbonyl (C=O) groups excluding carboxylic acids is 1. The van der Waals surface area contributed by atoms with Crippen LogP contribution in [0.2, 0.25) is 0 Å². The lowest BCUT2D eigenvalue weighted by molar-refractivity contribution is -0.122. The molecule has 2 heterocycles. The van der Waals surface area contributed by atoms with E-state index in [1.807, 2.05) is 41.1 Å². The van der Waals surface area contributed by atoms with E-state index >= 15 is 0 Å². The lowest BCUT2D eigenvalue weighted by atomic mass is 10.1.